The quantitative estimate of drug-likeness (QED) is 0.776. The minimum atomic E-state index is 0.703. The van der Waals surface area contributed by atoms with Gasteiger partial charge >= 0.3 is 0 Å². The van der Waals surface area contributed by atoms with Crippen LogP contribution in [-0.2, 0) is 6.54 Å². The van der Waals surface area contributed by atoms with Crippen LogP contribution in [0.3, 0.4) is 0 Å². The van der Waals surface area contributed by atoms with E-state index in [-0.39, 0.29) is 0 Å². The average Bonchev–Trinajstić information content (AvgIpc) is 2.68. The predicted octanol–water partition coefficient (Wildman–Crippen LogP) is 0.329. The molecular weight excluding hydrogens is 316 g/mol. The first-order valence-electron chi connectivity index (χ1n) is 9.72. The summed E-state index contributed by atoms with van der Waals surface area (Å²) >= 11 is 0. The van der Waals surface area contributed by atoms with E-state index in [4.69, 9.17) is 14.2 Å². The lowest BCUT2D eigenvalue weighted by Crippen LogP contribution is -3.20. The van der Waals surface area contributed by atoms with E-state index in [1.54, 1.807) is 26.2 Å². The Morgan fingerprint density at radius 3 is 2.12 bits per heavy atom. The Bertz CT molecular complexity index is 550. The third kappa shape index (κ3) is 4.21. The lowest BCUT2D eigenvalue weighted by molar-refractivity contribution is -0.965. The number of rotatable bonds is 6. The standard InChI is InChI=1S/C20H32N2O3/c1-23-18-8-7-16(19(24-2)20(18)25-3)15-21-13-9-17(10-14-21)22-11-5-4-6-12-22/h7-8,17H,4-6,9-15H2,1-3H3/p+2. The van der Waals surface area contributed by atoms with E-state index in [9.17, 15) is 0 Å². The molecule has 2 N–H and O–H groups in total. The molecule has 0 aliphatic carbocycles. The largest absolute Gasteiger partial charge is 0.493 e. The van der Waals surface area contributed by atoms with Crippen LogP contribution >= 0.6 is 0 Å². The van der Waals surface area contributed by atoms with Crippen molar-refractivity contribution < 1.29 is 24.0 Å². The van der Waals surface area contributed by atoms with E-state index in [1.807, 2.05) is 11.0 Å². The highest BCUT2D eigenvalue weighted by Crippen LogP contribution is 2.39. The molecule has 0 atom stereocenters. The molecule has 0 spiro atoms. The zero-order chi connectivity index (χ0) is 17.6. The summed E-state index contributed by atoms with van der Waals surface area (Å²) in [5.41, 5.74) is 1.21. The second-order valence-corrected chi connectivity index (χ2v) is 7.41. The van der Waals surface area contributed by atoms with Crippen LogP contribution in [-0.4, -0.2) is 53.6 Å². The van der Waals surface area contributed by atoms with Gasteiger partial charge in [-0.15, -0.1) is 0 Å². The predicted molar refractivity (Wildman–Crippen MR) is 98.1 cm³/mol. The third-order valence-electron chi connectivity index (χ3n) is 5.99. The second kappa shape index (κ2) is 8.77. The summed E-state index contributed by atoms with van der Waals surface area (Å²) in [4.78, 5) is 3.52. The van der Waals surface area contributed by atoms with Gasteiger partial charge in [-0.05, 0) is 31.4 Å². The van der Waals surface area contributed by atoms with Gasteiger partial charge in [-0.1, -0.05) is 0 Å². The van der Waals surface area contributed by atoms with Crippen molar-refractivity contribution in [3.8, 4) is 17.2 Å². The first-order chi connectivity index (χ1) is 12.3. The Labute approximate surface area is 151 Å². The minimum Gasteiger partial charge on any atom is -0.493 e. The third-order valence-corrected chi connectivity index (χ3v) is 5.99. The van der Waals surface area contributed by atoms with Gasteiger partial charge in [-0.3, -0.25) is 0 Å². The Morgan fingerprint density at radius 2 is 1.52 bits per heavy atom. The van der Waals surface area contributed by atoms with Crippen LogP contribution in [0.4, 0.5) is 0 Å². The number of hydrogen-bond donors (Lipinski definition) is 2. The molecule has 3 rings (SSSR count). The summed E-state index contributed by atoms with van der Waals surface area (Å²) in [6.07, 6.45) is 6.98. The Kier molecular flexibility index (Phi) is 6.43. The van der Waals surface area contributed by atoms with Gasteiger partial charge in [0.2, 0.25) is 5.75 Å². The van der Waals surface area contributed by atoms with Gasteiger partial charge in [0, 0.05) is 12.8 Å². The summed E-state index contributed by atoms with van der Waals surface area (Å²) < 4.78 is 16.6. The number of benzene rings is 1. The fourth-order valence-electron chi connectivity index (χ4n) is 4.60. The number of quaternary nitrogens is 2. The molecule has 140 valence electrons. The van der Waals surface area contributed by atoms with Gasteiger partial charge in [0.05, 0.1) is 59.1 Å². The number of likely N-dealkylation sites (tertiary alicyclic amines) is 2. The van der Waals surface area contributed by atoms with Crippen molar-refractivity contribution in [3.05, 3.63) is 17.7 Å². The van der Waals surface area contributed by atoms with E-state index in [0.717, 1.165) is 24.1 Å². The highest BCUT2D eigenvalue weighted by molar-refractivity contribution is 5.55. The molecule has 2 fully saturated rings. The molecule has 0 radical (unpaired) electrons. The van der Waals surface area contributed by atoms with Crippen molar-refractivity contribution in [1.29, 1.82) is 0 Å². The van der Waals surface area contributed by atoms with Gasteiger partial charge in [-0.25, -0.2) is 0 Å². The van der Waals surface area contributed by atoms with Crippen LogP contribution < -0.4 is 24.0 Å². The number of methoxy groups -OCH3 is 3. The van der Waals surface area contributed by atoms with E-state index >= 15 is 0 Å². The van der Waals surface area contributed by atoms with Gasteiger partial charge in [0.25, 0.3) is 0 Å². The molecule has 2 saturated heterocycles. The van der Waals surface area contributed by atoms with Crippen LogP contribution in [0.2, 0.25) is 0 Å². The minimum absolute atomic E-state index is 0.703. The number of ether oxygens (including phenoxy) is 3. The normalized spacial score (nSPS) is 24.8. The summed E-state index contributed by atoms with van der Waals surface area (Å²) in [6.45, 7) is 6.29. The highest BCUT2D eigenvalue weighted by Gasteiger charge is 2.31. The lowest BCUT2D eigenvalue weighted by Gasteiger charge is -2.36. The highest BCUT2D eigenvalue weighted by atomic mass is 16.5. The summed E-state index contributed by atoms with van der Waals surface area (Å²) in [5, 5.41) is 0. The van der Waals surface area contributed by atoms with Gasteiger partial charge in [0.15, 0.2) is 11.5 Å². The molecule has 25 heavy (non-hydrogen) atoms. The molecule has 5 nitrogen and oxygen atoms in total. The molecule has 5 heteroatoms. The molecule has 0 amide bonds. The first kappa shape index (κ1) is 18.3. The number of nitrogens with one attached hydrogen (secondary N) is 2. The monoisotopic (exact) mass is 350 g/mol. The van der Waals surface area contributed by atoms with Gasteiger partial charge in [-0.2, -0.15) is 0 Å². The first-order valence-corrected chi connectivity index (χ1v) is 9.72. The van der Waals surface area contributed by atoms with Gasteiger partial charge in [0.1, 0.15) is 6.54 Å². The lowest BCUT2D eigenvalue weighted by atomic mass is 9.99. The smallest absolute Gasteiger partial charge is 0.203 e. The van der Waals surface area contributed by atoms with Crippen molar-refractivity contribution in [2.45, 2.75) is 44.7 Å². The summed E-state index contributed by atoms with van der Waals surface area (Å²) in [6, 6.07) is 4.99. The van der Waals surface area contributed by atoms with Crippen LogP contribution in [0.5, 0.6) is 17.2 Å². The maximum Gasteiger partial charge on any atom is 0.203 e. The molecule has 0 bridgehead atoms. The molecular formula is C20H34N2O3+2. The molecule has 1 aromatic rings. The molecule has 0 unspecified atom stereocenters. The zero-order valence-corrected chi connectivity index (χ0v) is 16.0. The van der Waals surface area contributed by atoms with E-state index < -0.39 is 0 Å². The summed E-state index contributed by atoms with van der Waals surface area (Å²) in [5.74, 6) is 2.25. The molecule has 0 saturated carbocycles. The maximum atomic E-state index is 5.65. The van der Waals surface area contributed by atoms with Crippen molar-refractivity contribution in [1.82, 2.24) is 0 Å². The molecule has 1 aromatic carbocycles. The van der Waals surface area contributed by atoms with E-state index in [2.05, 4.69) is 6.07 Å². The molecule has 2 aliphatic rings. The van der Waals surface area contributed by atoms with Crippen molar-refractivity contribution in [2.75, 3.05) is 47.5 Å². The second-order valence-electron chi connectivity index (χ2n) is 7.41. The van der Waals surface area contributed by atoms with Crippen molar-refractivity contribution in [3.63, 3.8) is 0 Å². The molecule has 2 heterocycles. The van der Waals surface area contributed by atoms with Gasteiger partial charge < -0.3 is 24.0 Å². The average molecular weight is 351 g/mol. The Morgan fingerprint density at radius 1 is 0.840 bits per heavy atom. The van der Waals surface area contributed by atoms with Crippen molar-refractivity contribution >= 4 is 0 Å². The topological polar surface area (TPSA) is 36.6 Å². The van der Waals surface area contributed by atoms with E-state index in [1.165, 1.54) is 63.8 Å². The van der Waals surface area contributed by atoms with Crippen LogP contribution in [0.15, 0.2) is 12.1 Å². The van der Waals surface area contributed by atoms with Crippen molar-refractivity contribution in [2.24, 2.45) is 0 Å². The Hall–Kier alpha value is -1.46. The zero-order valence-electron chi connectivity index (χ0n) is 16.0. The molecule has 0 aromatic heterocycles. The fourth-order valence-corrected chi connectivity index (χ4v) is 4.60. The number of hydrogen-bond acceptors (Lipinski definition) is 3. The van der Waals surface area contributed by atoms with Crippen LogP contribution in [0.25, 0.3) is 0 Å². The van der Waals surface area contributed by atoms with Crippen LogP contribution in [0, 0.1) is 0 Å². The maximum absolute atomic E-state index is 5.65. The Balaban J connectivity index is 1.62. The SMILES string of the molecule is COc1ccc(C[NH+]2CCC([NH+]3CCCCC3)CC2)c(OC)c1OC. The summed E-state index contributed by atoms with van der Waals surface area (Å²) in [7, 11) is 5.04. The molecule has 2 aliphatic heterocycles. The van der Waals surface area contributed by atoms with Crippen LogP contribution in [0.1, 0.15) is 37.7 Å². The fraction of sp³-hybridized carbons (Fsp3) is 0.700. The van der Waals surface area contributed by atoms with E-state index in [0.29, 0.717) is 5.75 Å². The number of piperidine rings is 2.